The first-order valence-corrected chi connectivity index (χ1v) is 8.84. The number of aromatic nitrogens is 2. The lowest BCUT2D eigenvalue weighted by molar-refractivity contribution is -0.123. The molecule has 0 unspecified atom stereocenters. The molecule has 1 amide bonds. The number of hydrogen-bond acceptors (Lipinski definition) is 4. The van der Waals surface area contributed by atoms with Crippen LogP contribution in [0.5, 0.6) is 5.75 Å². The van der Waals surface area contributed by atoms with Gasteiger partial charge in [-0.05, 0) is 44.2 Å². The minimum atomic E-state index is -0.193. The van der Waals surface area contributed by atoms with Gasteiger partial charge in [-0.3, -0.25) is 4.79 Å². The zero-order valence-corrected chi connectivity index (χ0v) is 15.8. The van der Waals surface area contributed by atoms with Gasteiger partial charge in [-0.2, -0.15) is 0 Å². The van der Waals surface area contributed by atoms with Gasteiger partial charge in [0.2, 0.25) is 0 Å². The van der Waals surface area contributed by atoms with Crippen LogP contribution in [-0.4, -0.2) is 28.5 Å². The van der Waals surface area contributed by atoms with E-state index in [9.17, 15) is 4.79 Å². The van der Waals surface area contributed by atoms with Crippen molar-refractivity contribution in [2.45, 2.75) is 19.9 Å². The largest absolute Gasteiger partial charge is 0.484 e. The number of rotatable bonds is 5. The van der Waals surface area contributed by atoms with E-state index in [1.165, 1.54) is 0 Å². The van der Waals surface area contributed by atoms with Gasteiger partial charge in [0.05, 0.1) is 10.5 Å². The number of fused-ring (bicyclic) bond motifs is 1. The van der Waals surface area contributed by atoms with E-state index < -0.39 is 0 Å². The molecule has 0 radical (unpaired) electrons. The summed E-state index contributed by atoms with van der Waals surface area (Å²) >= 11 is 12.6. The Morgan fingerprint density at radius 2 is 1.92 bits per heavy atom. The van der Waals surface area contributed by atoms with Crippen LogP contribution in [0.3, 0.4) is 0 Å². The van der Waals surface area contributed by atoms with Crippen molar-refractivity contribution in [2.75, 3.05) is 6.61 Å². The van der Waals surface area contributed by atoms with E-state index in [0.717, 1.165) is 10.9 Å². The minimum Gasteiger partial charge on any atom is -0.484 e. The lowest BCUT2D eigenvalue weighted by Gasteiger charge is -2.11. The van der Waals surface area contributed by atoms with E-state index in [2.05, 4.69) is 15.3 Å². The predicted molar refractivity (Wildman–Crippen MR) is 104 cm³/mol. The third kappa shape index (κ3) is 4.23. The fraction of sp³-hybridized carbons (Fsp3) is 0.211. The molecule has 134 valence electrons. The van der Waals surface area contributed by atoms with Crippen molar-refractivity contribution < 1.29 is 9.53 Å². The maximum atomic E-state index is 11.7. The van der Waals surface area contributed by atoms with Gasteiger partial charge in [0, 0.05) is 17.0 Å². The number of nitrogens with zero attached hydrogens (tertiary/aromatic N) is 2. The third-order valence-corrected chi connectivity index (χ3v) is 4.17. The smallest absolute Gasteiger partial charge is 0.258 e. The Kier molecular flexibility index (Phi) is 5.59. The minimum absolute atomic E-state index is 0.0556. The number of amides is 1. The van der Waals surface area contributed by atoms with Gasteiger partial charge >= 0.3 is 0 Å². The number of carbonyl (C=O) groups excluding carboxylic acids is 1. The molecule has 0 fully saturated rings. The number of halogens is 2. The Morgan fingerprint density at radius 3 is 2.69 bits per heavy atom. The van der Waals surface area contributed by atoms with Crippen molar-refractivity contribution in [3.05, 3.63) is 52.6 Å². The molecule has 1 N–H and O–H groups in total. The Labute approximate surface area is 161 Å². The summed E-state index contributed by atoms with van der Waals surface area (Å²) in [7, 11) is 0. The van der Waals surface area contributed by atoms with Crippen LogP contribution < -0.4 is 10.1 Å². The van der Waals surface area contributed by atoms with Crippen molar-refractivity contribution in [3.8, 4) is 17.1 Å². The molecule has 0 saturated carbocycles. The van der Waals surface area contributed by atoms with E-state index >= 15 is 0 Å². The molecule has 0 spiro atoms. The van der Waals surface area contributed by atoms with Gasteiger partial charge in [0.1, 0.15) is 10.9 Å². The van der Waals surface area contributed by atoms with Crippen LogP contribution in [0.25, 0.3) is 22.3 Å². The lowest BCUT2D eigenvalue weighted by atomic mass is 10.2. The molecule has 0 bridgehead atoms. The molecule has 0 aliphatic carbocycles. The van der Waals surface area contributed by atoms with E-state index in [1.807, 2.05) is 38.1 Å². The van der Waals surface area contributed by atoms with E-state index in [1.54, 1.807) is 18.2 Å². The van der Waals surface area contributed by atoms with Crippen LogP contribution in [0, 0.1) is 0 Å². The molecule has 2 aromatic carbocycles. The molecule has 0 aliphatic heterocycles. The molecule has 3 rings (SSSR count). The Bertz CT molecular complexity index is 961. The second kappa shape index (κ2) is 7.89. The summed E-state index contributed by atoms with van der Waals surface area (Å²) in [5.74, 6) is 0.702. The van der Waals surface area contributed by atoms with Gasteiger partial charge in [0.25, 0.3) is 5.91 Å². The zero-order chi connectivity index (χ0) is 18.7. The standard InChI is InChI=1S/C19H17Cl2N3O2/c1-11(2)22-17(25)10-26-12-7-8-15(20)14(9-12)19-23-16-6-4-3-5-13(16)18(21)24-19/h3-9,11H,10H2,1-2H3,(H,22,25). The Hall–Kier alpha value is -2.37. The monoisotopic (exact) mass is 389 g/mol. The number of ether oxygens (including phenoxy) is 1. The summed E-state index contributed by atoms with van der Waals surface area (Å²) in [4.78, 5) is 20.6. The van der Waals surface area contributed by atoms with E-state index in [0.29, 0.717) is 27.3 Å². The van der Waals surface area contributed by atoms with Crippen LogP contribution in [0.2, 0.25) is 10.2 Å². The van der Waals surface area contributed by atoms with Gasteiger partial charge in [0.15, 0.2) is 12.4 Å². The van der Waals surface area contributed by atoms with Crippen molar-refractivity contribution in [3.63, 3.8) is 0 Å². The van der Waals surface area contributed by atoms with Gasteiger partial charge < -0.3 is 10.1 Å². The number of hydrogen-bond donors (Lipinski definition) is 1. The SMILES string of the molecule is CC(C)NC(=O)COc1ccc(Cl)c(-c2nc(Cl)c3ccccc3n2)c1. The summed E-state index contributed by atoms with van der Waals surface area (Å²) in [6, 6.07) is 12.6. The molecule has 0 aliphatic rings. The maximum Gasteiger partial charge on any atom is 0.258 e. The van der Waals surface area contributed by atoms with Crippen molar-refractivity contribution in [1.29, 1.82) is 0 Å². The summed E-state index contributed by atoms with van der Waals surface area (Å²) in [5.41, 5.74) is 1.31. The Balaban J connectivity index is 1.89. The van der Waals surface area contributed by atoms with Gasteiger partial charge in [-0.25, -0.2) is 9.97 Å². The molecular weight excluding hydrogens is 373 g/mol. The summed E-state index contributed by atoms with van der Waals surface area (Å²) in [6.45, 7) is 3.69. The van der Waals surface area contributed by atoms with Crippen LogP contribution in [0.1, 0.15) is 13.8 Å². The first kappa shape index (κ1) is 18.4. The van der Waals surface area contributed by atoms with Crippen LogP contribution in [0.15, 0.2) is 42.5 Å². The lowest BCUT2D eigenvalue weighted by Crippen LogP contribution is -2.34. The molecule has 26 heavy (non-hydrogen) atoms. The number of benzene rings is 2. The molecular formula is C19H17Cl2N3O2. The van der Waals surface area contributed by atoms with E-state index in [4.69, 9.17) is 27.9 Å². The molecule has 1 aromatic heterocycles. The van der Waals surface area contributed by atoms with Gasteiger partial charge in [-0.1, -0.05) is 35.3 Å². The fourth-order valence-electron chi connectivity index (χ4n) is 2.44. The number of carbonyl (C=O) groups is 1. The van der Waals surface area contributed by atoms with Crippen LogP contribution in [-0.2, 0) is 4.79 Å². The van der Waals surface area contributed by atoms with Crippen LogP contribution in [0.4, 0.5) is 0 Å². The molecule has 3 aromatic rings. The van der Waals surface area contributed by atoms with Crippen molar-refractivity contribution >= 4 is 40.0 Å². The first-order chi connectivity index (χ1) is 12.4. The van der Waals surface area contributed by atoms with E-state index in [-0.39, 0.29) is 18.6 Å². The quantitative estimate of drug-likeness (QED) is 0.652. The highest BCUT2D eigenvalue weighted by atomic mass is 35.5. The average molecular weight is 390 g/mol. The summed E-state index contributed by atoms with van der Waals surface area (Å²) in [5, 5.41) is 4.36. The van der Waals surface area contributed by atoms with Gasteiger partial charge in [-0.15, -0.1) is 0 Å². The predicted octanol–water partition coefficient (Wildman–Crippen LogP) is 4.51. The number of para-hydroxylation sites is 1. The average Bonchev–Trinajstić information content (AvgIpc) is 2.60. The zero-order valence-electron chi connectivity index (χ0n) is 14.3. The molecule has 0 atom stereocenters. The van der Waals surface area contributed by atoms with Crippen LogP contribution >= 0.6 is 23.2 Å². The van der Waals surface area contributed by atoms with Crippen molar-refractivity contribution in [2.24, 2.45) is 0 Å². The molecule has 7 heteroatoms. The highest BCUT2D eigenvalue weighted by Gasteiger charge is 2.13. The summed E-state index contributed by atoms with van der Waals surface area (Å²) < 4.78 is 5.54. The molecule has 0 saturated heterocycles. The topological polar surface area (TPSA) is 64.1 Å². The second-order valence-corrected chi connectivity index (χ2v) is 6.77. The highest BCUT2D eigenvalue weighted by Crippen LogP contribution is 2.32. The Morgan fingerprint density at radius 1 is 1.15 bits per heavy atom. The third-order valence-electron chi connectivity index (χ3n) is 3.56. The second-order valence-electron chi connectivity index (χ2n) is 6.01. The van der Waals surface area contributed by atoms with Crippen molar-refractivity contribution in [1.82, 2.24) is 15.3 Å². The molecule has 5 nitrogen and oxygen atoms in total. The maximum absolute atomic E-state index is 11.7. The summed E-state index contributed by atoms with van der Waals surface area (Å²) in [6.07, 6.45) is 0. The molecule has 1 heterocycles. The number of nitrogens with one attached hydrogen (secondary N) is 1. The fourth-order valence-corrected chi connectivity index (χ4v) is 2.88. The first-order valence-electron chi connectivity index (χ1n) is 8.08. The normalized spacial score (nSPS) is 11.0. The highest BCUT2D eigenvalue weighted by molar-refractivity contribution is 6.35.